The summed E-state index contributed by atoms with van der Waals surface area (Å²) in [6.07, 6.45) is 2.56. The van der Waals surface area contributed by atoms with Gasteiger partial charge in [-0.25, -0.2) is 4.98 Å². The van der Waals surface area contributed by atoms with E-state index in [4.69, 9.17) is 15.2 Å². The number of benzene rings is 2. The Morgan fingerprint density at radius 1 is 1.10 bits per heavy atom. The lowest BCUT2D eigenvalue weighted by Gasteiger charge is -2.16. The van der Waals surface area contributed by atoms with Gasteiger partial charge in [0.15, 0.2) is 11.5 Å². The summed E-state index contributed by atoms with van der Waals surface area (Å²) >= 11 is 0. The number of nitrogens with zero attached hydrogens (tertiary/aromatic N) is 1. The normalized spacial score (nSPS) is 11.5. The van der Waals surface area contributed by atoms with Gasteiger partial charge in [0.25, 0.3) is 5.91 Å². The molecule has 6 heteroatoms. The molecule has 0 fully saturated rings. The summed E-state index contributed by atoms with van der Waals surface area (Å²) in [5.74, 6) is 1.96. The van der Waals surface area contributed by atoms with E-state index in [1.165, 1.54) is 0 Å². The highest BCUT2D eigenvalue weighted by atomic mass is 16.5. The van der Waals surface area contributed by atoms with E-state index in [0.717, 1.165) is 12.0 Å². The number of carbonyl (C=O) groups excluding carboxylic acids is 1. The number of amides is 1. The van der Waals surface area contributed by atoms with Gasteiger partial charge in [0.2, 0.25) is 0 Å². The van der Waals surface area contributed by atoms with Crippen LogP contribution in [0.4, 0.5) is 5.82 Å². The fourth-order valence-electron chi connectivity index (χ4n) is 2.66. The average molecular weight is 391 g/mol. The largest absolute Gasteiger partial charge is 0.487 e. The molecule has 0 aliphatic heterocycles. The molecule has 6 nitrogen and oxygen atoms in total. The van der Waals surface area contributed by atoms with Crippen molar-refractivity contribution in [1.82, 2.24) is 10.3 Å². The Morgan fingerprint density at radius 3 is 2.66 bits per heavy atom. The van der Waals surface area contributed by atoms with Crippen LogP contribution < -0.4 is 20.5 Å². The molecule has 1 aromatic heterocycles. The quantitative estimate of drug-likeness (QED) is 0.588. The number of pyridine rings is 1. The van der Waals surface area contributed by atoms with E-state index in [9.17, 15) is 4.79 Å². The monoisotopic (exact) mass is 391 g/mol. The Balaban J connectivity index is 1.68. The summed E-state index contributed by atoms with van der Waals surface area (Å²) in [7, 11) is 0. The summed E-state index contributed by atoms with van der Waals surface area (Å²) in [5.41, 5.74) is 7.01. The number of rotatable bonds is 8. The zero-order chi connectivity index (χ0) is 20.6. The Hall–Kier alpha value is -3.54. The smallest absolute Gasteiger partial charge is 0.255 e. The summed E-state index contributed by atoms with van der Waals surface area (Å²) in [6.45, 7) is 4.44. The van der Waals surface area contributed by atoms with Gasteiger partial charge < -0.3 is 20.5 Å². The minimum Gasteiger partial charge on any atom is -0.487 e. The fourth-order valence-corrected chi connectivity index (χ4v) is 2.66. The Bertz CT molecular complexity index is 975. The van der Waals surface area contributed by atoms with Crippen LogP contribution in [0.15, 0.2) is 66.9 Å². The number of para-hydroxylation sites is 2. The molecule has 0 radical (unpaired) electrons. The van der Waals surface area contributed by atoms with Crippen LogP contribution in [0.1, 0.15) is 36.2 Å². The van der Waals surface area contributed by atoms with Crippen LogP contribution >= 0.6 is 0 Å². The topological polar surface area (TPSA) is 86.5 Å². The van der Waals surface area contributed by atoms with Crippen molar-refractivity contribution >= 4 is 11.7 Å². The first-order chi connectivity index (χ1) is 14.1. The minimum atomic E-state index is -0.269. The van der Waals surface area contributed by atoms with Crippen molar-refractivity contribution in [2.45, 2.75) is 32.9 Å². The van der Waals surface area contributed by atoms with Gasteiger partial charge in [-0.2, -0.15) is 0 Å². The molecule has 0 aliphatic carbocycles. The van der Waals surface area contributed by atoms with Crippen molar-refractivity contribution in [2.75, 3.05) is 5.73 Å². The molecule has 29 heavy (non-hydrogen) atoms. The molecule has 3 rings (SSSR count). The van der Waals surface area contributed by atoms with E-state index < -0.39 is 0 Å². The maximum Gasteiger partial charge on any atom is 0.255 e. The minimum absolute atomic E-state index is 0.0983. The third-order valence-corrected chi connectivity index (χ3v) is 4.41. The molecule has 3 N–H and O–H groups in total. The van der Waals surface area contributed by atoms with Crippen molar-refractivity contribution in [3.05, 3.63) is 78.0 Å². The maximum atomic E-state index is 12.3. The van der Waals surface area contributed by atoms with Crippen LogP contribution in [0.5, 0.6) is 17.2 Å². The predicted octanol–water partition coefficient (Wildman–Crippen LogP) is 4.56. The number of ether oxygens (including phenoxy) is 2. The summed E-state index contributed by atoms with van der Waals surface area (Å²) < 4.78 is 12.0. The molecule has 3 aromatic rings. The van der Waals surface area contributed by atoms with E-state index >= 15 is 0 Å². The first kappa shape index (κ1) is 20.2. The van der Waals surface area contributed by atoms with Crippen LogP contribution in [0, 0.1) is 0 Å². The van der Waals surface area contributed by atoms with E-state index in [1.807, 2.05) is 55.5 Å². The lowest BCUT2D eigenvalue weighted by Crippen LogP contribution is -2.24. The molecule has 1 atom stereocenters. The van der Waals surface area contributed by atoms with Gasteiger partial charge >= 0.3 is 0 Å². The number of carbonyl (C=O) groups is 1. The zero-order valence-electron chi connectivity index (χ0n) is 16.6. The van der Waals surface area contributed by atoms with Crippen molar-refractivity contribution in [2.24, 2.45) is 0 Å². The van der Waals surface area contributed by atoms with E-state index in [2.05, 4.69) is 17.2 Å². The molecule has 0 saturated heterocycles. The first-order valence-electron chi connectivity index (χ1n) is 9.58. The highest BCUT2D eigenvalue weighted by molar-refractivity contribution is 5.98. The Morgan fingerprint density at radius 2 is 1.90 bits per heavy atom. The van der Waals surface area contributed by atoms with Crippen molar-refractivity contribution in [3.8, 4) is 17.2 Å². The lowest BCUT2D eigenvalue weighted by atomic mass is 10.2. The zero-order valence-corrected chi connectivity index (χ0v) is 16.6. The second-order valence-corrected chi connectivity index (χ2v) is 6.65. The predicted molar refractivity (Wildman–Crippen MR) is 113 cm³/mol. The van der Waals surface area contributed by atoms with Gasteiger partial charge in [-0.1, -0.05) is 31.2 Å². The van der Waals surface area contributed by atoms with Crippen molar-refractivity contribution < 1.29 is 14.3 Å². The molecule has 0 aliphatic rings. The number of nitrogen functional groups attached to an aromatic ring is 1. The SMILES string of the molecule is CCC(C)Oc1ccccc1Oc1cccc(CNC(=O)c2cccnc2N)c1. The third kappa shape index (κ3) is 5.48. The highest BCUT2D eigenvalue weighted by Gasteiger charge is 2.11. The summed E-state index contributed by atoms with van der Waals surface area (Å²) in [4.78, 5) is 16.2. The first-order valence-corrected chi connectivity index (χ1v) is 9.58. The molecular formula is C23H25N3O3. The van der Waals surface area contributed by atoms with Gasteiger partial charge in [-0.3, -0.25) is 4.79 Å². The van der Waals surface area contributed by atoms with E-state index in [0.29, 0.717) is 29.4 Å². The molecule has 0 spiro atoms. The Kier molecular flexibility index (Phi) is 6.68. The van der Waals surface area contributed by atoms with Gasteiger partial charge in [-0.15, -0.1) is 0 Å². The molecule has 0 saturated carbocycles. The van der Waals surface area contributed by atoms with E-state index in [1.54, 1.807) is 18.3 Å². The van der Waals surface area contributed by atoms with Gasteiger partial charge in [-0.05, 0) is 55.3 Å². The number of hydrogen-bond donors (Lipinski definition) is 2. The van der Waals surface area contributed by atoms with Crippen LogP contribution in [0.3, 0.4) is 0 Å². The van der Waals surface area contributed by atoms with Crippen LogP contribution in [-0.4, -0.2) is 17.0 Å². The van der Waals surface area contributed by atoms with Crippen LogP contribution in [0.25, 0.3) is 0 Å². The molecule has 1 unspecified atom stereocenters. The fraction of sp³-hybridized carbons (Fsp3) is 0.217. The molecule has 0 bridgehead atoms. The average Bonchev–Trinajstić information content (AvgIpc) is 2.74. The van der Waals surface area contributed by atoms with Crippen molar-refractivity contribution in [1.29, 1.82) is 0 Å². The van der Waals surface area contributed by atoms with Crippen LogP contribution in [0.2, 0.25) is 0 Å². The van der Waals surface area contributed by atoms with Gasteiger partial charge in [0.1, 0.15) is 11.6 Å². The second kappa shape index (κ2) is 9.59. The van der Waals surface area contributed by atoms with Gasteiger partial charge in [0, 0.05) is 12.7 Å². The molecule has 150 valence electrons. The maximum absolute atomic E-state index is 12.3. The number of hydrogen-bond acceptors (Lipinski definition) is 5. The highest BCUT2D eigenvalue weighted by Crippen LogP contribution is 2.32. The second-order valence-electron chi connectivity index (χ2n) is 6.65. The third-order valence-electron chi connectivity index (χ3n) is 4.41. The summed E-state index contributed by atoms with van der Waals surface area (Å²) in [5, 5.41) is 2.85. The Labute approximate surface area is 170 Å². The molecular weight excluding hydrogens is 366 g/mol. The lowest BCUT2D eigenvalue weighted by molar-refractivity contribution is 0.0951. The van der Waals surface area contributed by atoms with Crippen molar-refractivity contribution in [3.63, 3.8) is 0 Å². The standard InChI is InChI=1S/C23H25N3O3/c1-3-16(2)28-20-11-4-5-12-21(20)29-18-9-6-8-17(14-18)15-26-23(27)19-10-7-13-25-22(19)24/h4-14,16H,3,15H2,1-2H3,(H2,24,25)(H,26,27). The van der Waals surface area contributed by atoms with E-state index in [-0.39, 0.29) is 17.8 Å². The number of nitrogens with two attached hydrogens (primary N) is 1. The molecule has 1 heterocycles. The van der Waals surface area contributed by atoms with Crippen LogP contribution in [-0.2, 0) is 6.54 Å². The molecule has 1 amide bonds. The number of anilines is 1. The number of nitrogens with one attached hydrogen (secondary N) is 1. The molecule has 2 aromatic carbocycles. The summed E-state index contributed by atoms with van der Waals surface area (Å²) in [6, 6.07) is 18.5. The van der Waals surface area contributed by atoms with Gasteiger partial charge in [0.05, 0.1) is 11.7 Å². The number of aromatic nitrogens is 1.